The van der Waals surface area contributed by atoms with E-state index in [1.54, 1.807) is 6.07 Å². The molecule has 0 atom stereocenters. The highest BCUT2D eigenvalue weighted by atomic mass is 79.9. The molecule has 1 rings (SSSR count). The number of hydrogen-bond donors (Lipinski definition) is 1. The second-order valence-corrected chi connectivity index (χ2v) is 5.25. The summed E-state index contributed by atoms with van der Waals surface area (Å²) in [4.78, 5) is 2.84. The van der Waals surface area contributed by atoms with Crippen LogP contribution in [0, 0.1) is 6.92 Å². The zero-order valence-corrected chi connectivity index (χ0v) is 9.29. The van der Waals surface area contributed by atoms with Crippen molar-refractivity contribution in [2.45, 2.75) is 17.3 Å². The van der Waals surface area contributed by atoms with Crippen molar-refractivity contribution in [3.8, 4) is 0 Å². The average Bonchev–Trinajstić information content (AvgIpc) is 2.29. The third kappa shape index (κ3) is 1.90. The summed E-state index contributed by atoms with van der Waals surface area (Å²) in [5.41, 5.74) is 1.88. The van der Waals surface area contributed by atoms with Crippen molar-refractivity contribution in [3.63, 3.8) is 0 Å². The number of rotatable bonds is 2. The molecule has 0 aliphatic rings. The van der Waals surface area contributed by atoms with Crippen LogP contribution in [0.3, 0.4) is 0 Å². The van der Waals surface area contributed by atoms with Gasteiger partial charge < -0.3 is 4.98 Å². The normalized spacial score (nSPS) is 11.9. The summed E-state index contributed by atoms with van der Waals surface area (Å²) >= 11 is 3.26. The molecule has 3 nitrogen and oxygen atoms in total. The number of H-pyrrole nitrogens is 1. The highest BCUT2D eigenvalue weighted by molar-refractivity contribution is 9.08. The third-order valence-electron chi connectivity index (χ3n) is 1.63. The van der Waals surface area contributed by atoms with Crippen molar-refractivity contribution in [3.05, 3.63) is 17.3 Å². The van der Waals surface area contributed by atoms with Gasteiger partial charge in [0.1, 0.15) is 5.03 Å². The molecule has 0 fully saturated rings. The van der Waals surface area contributed by atoms with E-state index in [1.807, 2.05) is 6.92 Å². The first-order valence-corrected chi connectivity index (χ1v) is 6.41. The van der Waals surface area contributed by atoms with Gasteiger partial charge in [-0.05, 0) is 18.6 Å². The Bertz CT molecular complexity index is 380. The fourth-order valence-electron chi connectivity index (χ4n) is 0.906. The number of halogens is 1. The highest BCUT2D eigenvalue weighted by Gasteiger charge is 2.11. The van der Waals surface area contributed by atoms with Crippen LogP contribution in [-0.4, -0.2) is 19.7 Å². The van der Waals surface area contributed by atoms with Crippen LogP contribution in [0.15, 0.2) is 11.1 Å². The molecule has 0 bridgehead atoms. The first kappa shape index (κ1) is 9.80. The van der Waals surface area contributed by atoms with Gasteiger partial charge in [-0.15, -0.1) is 0 Å². The minimum absolute atomic E-state index is 0.287. The van der Waals surface area contributed by atoms with Crippen molar-refractivity contribution in [1.29, 1.82) is 0 Å². The molecule has 0 amide bonds. The van der Waals surface area contributed by atoms with Crippen LogP contribution in [-0.2, 0) is 15.2 Å². The SMILES string of the molecule is Cc1cc(S(C)(=O)=O)[nH]c1CBr. The fourth-order valence-corrected chi connectivity index (χ4v) is 2.19. The van der Waals surface area contributed by atoms with Gasteiger partial charge in [0.05, 0.1) is 0 Å². The molecule has 68 valence electrons. The van der Waals surface area contributed by atoms with E-state index < -0.39 is 9.84 Å². The Morgan fingerprint density at radius 2 is 2.17 bits per heavy atom. The molecule has 0 aromatic carbocycles. The standard InChI is InChI=1S/C7H10BrNO2S/c1-5-3-7(12(2,10)11)9-6(5)4-8/h3,9H,4H2,1-2H3. The van der Waals surface area contributed by atoms with Gasteiger partial charge in [0.25, 0.3) is 0 Å². The second-order valence-electron chi connectivity index (χ2n) is 2.70. The van der Waals surface area contributed by atoms with Gasteiger partial charge >= 0.3 is 0 Å². The van der Waals surface area contributed by atoms with Crippen LogP contribution in [0.1, 0.15) is 11.3 Å². The summed E-state index contributed by atoms with van der Waals surface area (Å²) in [6, 6.07) is 1.64. The molecule has 1 aromatic rings. The predicted molar refractivity (Wildman–Crippen MR) is 51.3 cm³/mol. The quantitative estimate of drug-likeness (QED) is 0.813. The maximum Gasteiger partial charge on any atom is 0.190 e. The van der Waals surface area contributed by atoms with Crippen molar-refractivity contribution >= 4 is 25.8 Å². The molecule has 0 saturated heterocycles. The smallest absolute Gasteiger partial charge is 0.190 e. The highest BCUT2D eigenvalue weighted by Crippen LogP contribution is 2.16. The van der Waals surface area contributed by atoms with Gasteiger partial charge in [0.2, 0.25) is 0 Å². The molecule has 12 heavy (non-hydrogen) atoms. The molecular formula is C7H10BrNO2S. The molecule has 0 saturated carbocycles. The number of aryl methyl sites for hydroxylation is 1. The molecule has 0 spiro atoms. The van der Waals surface area contributed by atoms with Crippen LogP contribution in [0.2, 0.25) is 0 Å². The second kappa shape index (κ2) is 3.22. The summed E-state index contributed by atoms with van der Waals surface area (Å²) in [6.07, 6.45) is 1.19. The maximum absolute atomic E-state index is 11.1. The van der Waals surface area contributed by atoms with E-state index in [-0.39, 0.29) is 5.03 Å². The van der Waals surface area contributed by atoms with E-state index in [4.69, 9.17) is 0 Å². The molecule has 1 N–H and O–H groups in total. The first-order chi connectivity index (χ1) is 5.45. The maximum atomic E-state index is 11.1. The molecule has 5 heteroatoms. The third-order valence-corrected chi connectivity index (χ3v) is 3.21. The number of hydrogen-bond acceptors (Lipinski definition) is 2. The molecule has 1 heterocycles. The number of alkyl halides is 1. The van der Waals surface area contributed by atoms with Crippen molar-refractivity contribution in [2.24, 2.45) is 0 Å². The van der Waals surface area contributed by atoms with Crippen LogP contribution >= 0.6 is 15.9 Å². The van der Waals surface area contributed by atoms with E-state index in [2.05, 4.69) is 20.9 Å². The van der Waals surface area contributed by atoms with Gasteiger partial charge in [0.15, 0.2) is 9.84 Å². The zero-order chi connectivity index (χ0) is 9.35. The molecule has 0 unspecified atom stereocenters. The minimum Gasteiger partial charge on any atom is -0.349 e. The Morgan fingerprint density at radius 1 is 1.58 bits per heavy atom. The number of nitrogens with one attached hydrogen (secondary N) is 1. The Labute approximate surface area is 80.2 Å². The largest absolute Gasteiger partial charge is 0.349 e. The lowest BCUT2D eigenvalue weighted by molar-refractivity contribution is 0.598. The Morgan fingerprint density at radius 3 is 2.42 bits per heavy atom. The Kier molecular flexibility index (Phi) is 2.63. The van der Waals surface area contributed by atoms with Crippen molar-refractivity contribution < 1.29 is 8.42 Å². The zero-order valence-electron chi connectivity index (χ0n) is 6.89. The topological polar surface area (TPSA) is 49.9 Å². The lowest BCUT2D eigenvalue weighted by Crippen LogP contribution is -1.96. The van der Waals surface area contributed by atoms with Crippen molar-refractivity contribution in [1.82, 2.24) is 4.98 Å². The fraction of sp³-hybridized carbons (Fsp3) is 0.429. The average molecular weight is 252 g/mol. The lowest BCUT2D eigenvalue weighted by atomic mass is 10.3. The lowest BCUT2D eigenvalue weighted by Gasteiger charge is -1.91. The minimum atomic E-state index is -3.09. The molecular weight excluding hydrogens is 242 g/mol. The van der Waals surface area contributed by atoms with Gasteiger partial charge in [-0.3, -0.25) is 0 Å². The van der Waals surface area contributed by atoms with E-state index >= 15 is 0 Å². The molecule has 1 aromatic heterocycles. The Balaban J connectivity index is 3.23. The summed E-state index contributed by atoms with van der Waals surface area (Å²) < 4.78 is 22.1. The van der Waals surface area contributed by atoms with Crippen LogP contribution in [0.5, 0.6) is 0 Å². The molecule has 0 aliphatic heterocycles. The summed E-state index contributed by atoms with van der Waals surface area (Å²) in [5.74, 6) is 0. The van der Waals surface area contributed by atoms with E-state index in [9.17, 15) is 8.42 Å². The summed E-state index contributed by atoms with van der Waals surface area (Å²) in [5, 5.41) is 0.934. The summed E-state index contributed by atoms with van der Waals surface area (Å²) in [6.45, 7) is 1.88. The van der Waals surface area contributed by atoms with Crippen LogP contribution in [0.4, 0.5) is 0 Å². The van der Waals surface area contributed by atoms with Gasteiger partial charge in [-0.25, -0.2) is 8.42 Å². The summed E-state index contributed by atoms with van der Waals surface area (Å²) in [7, 11) is -3.09. The van der Waals surface area contributed by atoms with E-state index in [0.717, 1.165) is 11.3 Å². The molecule has 0 radical (unpaired) electrons. The Hall–Kier alpha value is -0.290. The number of aromatic amines is 1. The van der Waals surface area contributed by atoms with E-state index in [1.165, 1.54) is 6.26 Å². The monoisotopic (exact) mass is 251 g/mol. The van der Waals surface area contributed by atoms with Crippen LogP contribution in [0.25, 0.3) is 0 Å². The van der Waals surface area contributed by atoms with Crippen LogP contribution < -0.4 is 0 Å². The number of aromatic nitrogens is 1. The van der Waals surface area contributed by atoms with Crippen molar-refractivity contribution in [2.75, 3.05) is 6.26 Å². The van der Waals surface area contributed by atoms with E-state index in [0.29, 0.717) is 5.33 Å². The molecule has 0 aliphatic carbocycles. The first-order valence-electron chi connectivity index (χ1n) is 3.39. The predicted octanol–water partition coefficient (Wildman–Crippen LogP) is 1.62. The van der Waals surface area contributed by atoms with Gasteiger partial charge in [-0.2, -0.15) is 0 Å². The van der Waals surface area contributed by atoms with Gasteiger partial charge in [0, 0.05) is 17.3 Å². The number of sulfone groups is 1. The van der Waals surface area contributed by atoms with Gasteiger partial charge in [-0.1, -0.05) is 15.9 Å².